The summed E-state index contributed by atoms with van der Waals surface area (Å²) in [7, 11) is 0. The van der Waals surface area contributed by atoms with Crippen molar-refractivity contribution in [2.45, 2.75) is 77.8 Å². The lowest BCUT2D eigenvalue weighted by molar-refractivity contribution is -0.193. The highest BCUT2D eigenvalue weighted by Gasteiger charge is 2.40. The summed E-state index contributed by atoms with van der Waals surface area (Å²) in [5.41, 5.74) is 0. The van der Waals surface area contributed by atoms with Gasteiger partial charge < -0.3 is 19.3 Å². The third kappa shape index (κ3) is 8.67. The second-order valence-electron chi connectivity index (χ2n) is 5.53. The molecule has 0 aromatic rings. The molecule has 24 heavy (non-hydrogen) atoms. The van der Waals surface area contributed by atoms with Gasteiger partial charge in [0.1, 0.15) is 6.10 Å². The van der Waals surface area contributed by atoms with Crippen LogP contribution in [0.4, 0.5) is 0 Å². The normalized spacial score (nSPS) is 15.5. The molecule has 138 valence electrons. The molecule has 4 atom stereocenters. The van der Waals surface area contributed by atoms with E-state index in [0.717, 1.165) is 6.42 Å². The molecule has 0 radical (unpaired) electrons. The zero-order valence-corrected chi connectivity index (χ0v) is 14.8. The molecular weight excluding hydrogens is 316 g/mol. The van der Waals surface area contributed by atoms with Crippen LogP contribution in [0, 0.1) is 0 Å². The first-order chi connectivity index (χ1) is 11.2. The van der Waals surface area contributed by atoms with Gasteiger partial charge in [-0.25, -0.2) is 0 Å². The predicted molar refractivity (Wildman–Crippen MR) is 87.0 cm³/mol. The maximum absolute atomic E-state index is 11.5. The zero-order chi connectivity index (χ0) is 18.7. The topological polar surface area (TPSA) is 99.1 Å². The predicted octanol–water partition coefficient (Wildman–Crippen LogP) is 1.91. The minimum Gasteiger partial charge on any atom is -0.458 e. The smallest absolute Gasteiger partial charge is 0.303 e. The quantitative estimate of drug-likeness (QED) is 0.347. The number of aliphatic hydroxyl groups excluding tert-OH is 1. The van der Waals surface area contributed by atoms with E-state index < -0.39 is 42.3 Å². The first kappa shape index (κ1) is 22.1. The Morgan fingerprint density at radius 1 is 1.00 bits per heavy atom. The summed E-state index contributed by atoms with van der Waals surface area (Å²) in [6, 6.07) is 0. The molecule has 0 aliphatic rings. The summed E-state index contributed by atoms with van der Waals surface area (Å²) in [6.07, 6.45) is -0.701. The molecule has 0 bridgehead atoms. The van der Waals surface area contributed by atoms with Gasteiger partial charge in [0.05, 0.1) is 6.10 Å². The van der Waals surface area contributed by atoms with E-state index in [9.17, 15) is 19.5 Å². The number of carbonyl (C=O) groups excluding carboxylic acids is 3. The SMILES string of the molecule is C=CC[C@@H](O)[C@@H](OC(C)=O)[C@H](OC(C)=O)[C@H](CCCC)OC(C)=O. The monoisotopic (exact) mass is 344 g/mol. The van der Waals surface area contributed by atoms with Gasteiger partial charge in [-0.05, 0) is 19.3 Å². The van der Waals surface area contributed by atoms with Crippen LogP contribution in [-0.2, 0) is 28.6 Å². The van der Waals surface area contributed by atoms with Crippen LogP contribution in [-0.4, -0.2) is 47.4 Å². The van der Waals surface area contributed by atoms with Gasteiger partial charge in [0, 0.05) is 20.8 Å². The number of rotatable bonds is 11. The van der Waals surface area contributed by atoms with Crippen LogP contribution in [0.25, 0.3) is 0 Å². The molecule has 7 nitrogen and oxygen atoms in total. The van der Waals surface area contributed by atoms with E-state index in [4.69, 9.17) is 14.2 Å². The average molecular weight is 344 g/mol. The molecule has 0 spiro atoms. The summed E-state index contributed by atoms with van der Waals surface area (Å²) in [4.78, 5) is 34.3. The molecule has 0 unspecified atom stereocenters. The van der Waals surface area contributed by atoms with E-state index in [2.05, 4.69) is 6.58 Å². The molecule has 0 amide bonds. The van der Waals surface area contributed by atoms with Crippen molar-refractivity contribution in [1.82, 2.24) is 0 Å². The van der Waals surface area contributed by atoms with Gasteiger partial charge in [0.2, 0.25) is 0 Å². The molecule has 0 saturated heterocycles. The van der Waals surface area contributed by atoms with E-state index >= 15 is 0 Å². The zero-order valence-electron chi connectivity index (χ0n) is 14.8. The number of carbonyl (C=O) groups is 3. The van der Waals surface area contributed by atoms with Crippen molar-refractivity contribution in [3.8, 4) is 0 Å². The van der Waals surface area contributed by atoms with Crippen LogP contribution in [0.15, 0.2) is 12.7 Å². The molecule has 0 rings (SSSR count). The Balaban J connectivity index is 5.62. The van der Waals surface area contributed by atoms with E-state index in [1.54, 1.807) is 0 Å². The molecule has 0 heterocycles. The summed E-state index contributed by atoms with van der Waals surface area (Å²) in [5, 5.41) is 10.3. The Morgan fingerprint density at radius 2 is 1.50 bits per heavy atom. The van der Waals surface area contributed by atoms with E-state index in [0.29, 0.717) is 12.8 Å². The summed E-state index contributed by atoms with van der Waals surface area (Å²) in [5.74, 6) is -1.82. The van der Waals surface area contributed by atoms with Crippen molar-refractivity contribution < 1.29 is 33.7 Å². The number of aliphatic hydroxyl groups is 1. The maximum Gasteiger partial charge on any atom is 0.303 e. The lowest BCUT2D eigenvalue weighted by Gasteiger charge is -2.34. The molecule has 0 aromatic heterocycles. The second kappa shape index (κ2) is 11.6. The fourth-order valence-corrected chi connectivity index (χ4v) is 2.32. The van der Waals surface area contributed by atoms with Crippen LogP contribution in [0.2, 0.25) is 0 Å². The Kier molecular flexibility index (Phi) is 10.7. The molecule has 7 heteroatoms. The number of hydrogen-bond acceptors (Lipinski definition) is 7. The van der Waals surface area contributed by atoms with Gasteiger partial charge >= 0.3 is 17.9 Å². The number of esters is 3. The number of hydrogen-bond donors (Lipinski definition) is 1. The average Bonchev–Trinajstić information content (AvgIpc) is 2.46. The summed E-state index contributed by atoms with van der Waals surface area (Å²) < 4.78 is 15.7. The van der Waals surface area contributed by atoms with Gasteiger partial charge in [-0.2, -0.15) is 0 Å². The van der Waals surface area contributed by atoms with Crippen molar-refractivity contribution in [3.63, 3.8) is 0 Å². The molecule has 0 aliphatic heterocycles. The molecule has 0 aliphatic carbocycles. The van der Waals surface area contributed by atoms with E-state index in [1.807, 2.05) is 6.92 Å². The van der Waals surface area contributed by atoms with Crippen LogP contribution < -0.4 is 0 Å². The fourth-order valence-electron chi connectivity index (χ4n) is 2.32. The fraction of sp³-hybridized carbons (Fsp3) is 0.706. The van der Waals surface area contributed by atoms with Crippen molar-refractivity contribution in [1.29, 1.82) is 0 Å². The lowest BCUT2D eigenvalue weighted by atomic mass is 9.96. The number of ether oxygens (including phenoxy) is 3. The first-order valence-corrected chi connectivity index (χ1v) is 8.03. The standard InChI is InChI=1S/C17H28O7/c1-6-8-10-15(22-11(3)18)17(24-13(5)20)16(23-12(4)19)14(21)9-7-2/h7,14-17,21H,2,6,8-10H2,1,3-5H3/t14-,15+,16-,17-/m1/s1. The summed E-state index contributed by atoms with van der Waals surface area (Å²) >= 11 is 0. The Hall–Kier alpha value is -1.89. The molecular formula is C17H28O7. The Labute approximate surface area is 143 Å². The van der Waals surface area contributed by atoms with Gasteiger partial charge in [-0.3, -0.25) is 14.4 Å². The third-order valence-electron chi connectivity index (χ3n) is 3.24. The summed E-state index contributed by atoms with van der Waals surface area (Å²) in [6.45, 7) is 9.12. The molecule has 0 aromatic carbocycles. The highest BCUT2D eigenvalue weighted by molar-refractivity contribution is 5.68. The molecule has 0 saturated carbocycles. The first-order valence-electron chi connectivity index (χ1n) is 8.03. The van der Waals surface area contributed by atoms with Gasteiger partial charge in [0.25, 0.3) is 0 Å². The Morgan fingerprint density at radius 3 is 1.92 bits per heavy atom. The van der Waals surface area contributed by atoms with E-state index in [1.165, 1.54) is 26.8 Å². The van der Waals surface area contributed by atoms with Gasteiger partial charge in [-0.1, -0.05) is 19.4 Å². The molecule has 0 fully saturated rings. The molecule has 1 N–H and O–H groups in total. The minimum atomic E-state index is -1.16. The van der Waals surface area contributed by atoms with Crippen molar-refractivity contribution in [2.75, 3.05) is 0 Å². The van der Waals surface area contributed by atoms with E-state index in [-0.39, 0.29) is 6.42 Å². The van der Waals surface area contributed by atoms with Gasteiger partial charge in [0.15, 0.2) is 12.2 Å². The lowest BCUT2D eigenvalue weighted by Crippen LogP contribution is -2.50. The third-order valence-corrected chi connectivity index (χ3v) is 3.24. The van der Waals surface area contributed by atoms with Crippen LogP contribution in [0.5, 0.6) is 0 Å². The van der Waals surface area contributed by atoms with Crippen LogP contribution in [0.3, 0.4) is 0 Å². The maximum atomic E-state index is 11.5. The second-order valence-corrected chi connectivity index (χ2v) is 5.53. The van der Waals surface area contributed by atoms with Crippen LogP contribution in [0.1, 0.15) is 53.4 Å². The van der Waals surface area contributed by atoms with Crippen molar-refractivity contribution in [2.24, 2.45) is 0 Å². The van der Waals surface area contributed by atoms with Crippen LogP contribution >= 0.6 is 0 Å². The van der Waals surface area contributed by atoms with Crippen molar-refractivity contribution in [3.05, 3.63) is 12.7 Å². The highest BCUT2D eigenvalue weighted by atomic mass is 16.6. The number of unbranched alkanes of at least 4 members (excludes halogenated alkanes) is 1. The highest BCUT2D eigenvalue weighted by Crippen LogP contribution is 2.22. The van der Waals surface area contributed by atoms with Crippen molar-refractivity contribution >= 4 is 17.9 Å². The largest absolute Gasteiger partial charge is 0.458 e. The minimum absolute atomic E-state index is 0.121. The van der Waals surface area contributed by atoms with Gasteiger partial charge in [-0.15, -0.1) is 6.58 Å². The Bertz CT molecular complexity index is 433.